The molecule has 1 aliphatic heterocycles. The molecule has 1 atom stereocenters. The lowest BCUT2D eigenvalue weighted by molar-refractivity contribution is -0.122. The summed E-state index contributed by atoms with van der Waals surface area (Å²) >= 11 is 5.94. The molecule has 1 unspecified atom stereocenters. The molecule has 0 aromatic heterocycles. The molecule has 0 aliphatic carbocycles. The van der Waals surface area contributed by atoms with Crippen LogP contribution in [0.25, 0.3) is 0 Å². The summed E-state index contributed by atoms with van der Waals surface area (Å²) in [5.74, 6) is 1.20. The van der Waals surface area contributed by atoms with Crippen LogP contribution in [0.5, 0.6) is 0 Å². The molecule has 1 fully saturated rings. The van der Waals surface area contributed by atoms with Gasteiger partial charge in [0.25, 0.3) is 0 Å². The van der Waals surface area contributed by atoms with E-state index < -0.39 is 0 Å². The molecule has 2 N–H and O–H groups in total. The van der Waals surface area contributed by atoms with Gasteiger partial charge in [-0.05, 0) is 61.9 Å². The van der Waals surface area contributed by atoms with Crippen LogP contribution in [0.3, 0.4) is 0 Å². The normalized spacial score (nSPS) is 16.7. The molecule has 0 spiro atoms. The molecule has 1 aliphatic rings. The van der Waals surface area contributed by atoms with E-state index in [9.17, 15) is 4.79 Å². The van der Waals surface area contributed by atoms with Crippen molar-refractivity contribution in [3.63, 3.8) is 0 Å². The molecule has 1 saturated heterocycles. The first-order valence-electron chi connectivity index (χ1n) is 8.32. The molecule has 3 nitrogen and oxygen atoms in total. The zero-order chi connectivity index (χ0) is 15.9. The Morgan fingerprint density at radius 3 is 2.43 bits per heavy atom. The Kier molecular flexibility index (Phi) is 8.96. The minimum atomic E-state index is 0. The fourth-order valence-corrected chi connectivity index (χ4v) is 3.18. The lowest BCUT2D eigenvalue weighted by Crippen LogP contribution is -2.33. The van der Waals surface area contributed by atoms with Crippen molar-refractivity contribution < 1.29 is 4.79 Å². The number of hydrogen-bond acceptors (Lipinski definition) is 2. The first-order chi connectivity index (χ1) is 10.6. The predicted molar refractivity (Wildman–Crippen MR) is 99.2 cm³/mol. The van der Waals surface area contributed by atoms with Crippen LogP contribution >= 0.6 is 24.0 Å². The number of rotatable bonds is 6. The van der Waals surface area contributed by atoms with E-state index >= 15 is 0 Å². The van der Waals surface area contributed by atoms with Crippen LogP contribution in [0.4, 0.5) is 0 Å². The summed E-state index contributed by atoms with van der Waals surface area (Å²) in [6.07, 6.45) is 4.01. The first-order valence-corrected chi connectivity index (χ1v) is 8.69. The molecule has 130 valence electrons. The maximum absolute atomic E-state index is 12.3. The minimum absolute atomic E-state index is 0. The van der Waals surface area contributed by atoms with Gasteiger partial charge in [-0.1, -0.05) is 37.6 Å². The maximum atomic E-state index is 12.3. The van der Waals surface area contributed by atoms with E-state index in [1.807, 2.05) is 24.3 Å². The maximum Gasteiger partial charge on any atom is 0.220 e. The second-order valence-electron chi connectivity index (χ2n) is 6.57. The highest BCUT2D eigenvalue weighted by Crippen LogP contribution is 2.24. The van der Waals surface area contributed by atoms with Crippen molar-refractivity contribution in [2.24, 2.45) is 11.8 Å². The molecular weight excluding hydrogens is 331 g/mol. The van der Waals surface area contributed by atoms with E-state index in [1.165, 1.54) is 12.8 Å². The molecule has 1 aromatic carbocycles. The highest BCUT2D eigenvalue weighted by Gasteiger charge is 2.20. The summed E-state index contributed by atoms with van der Waals surface area (Å²) in [6, 6.07) is 7.82. The zero-order valence-electron chi connectivity index (χ0n) is 14.0. The van der Waals surface area contributed by atoms with Crippen molar-refractivity contribution >= 4 is 29.9 Å². The molecule has 1 heterocycles. The molecule has 23 heavy (non-hydrogen) atoms. The van der Waals surface area contributed by atoms with Crippen LogP contribution in [-0.2, 0) is 4.79 Å². The Balaban J connectivity index is 0.00000264. The number of hydrogen-bond donors (Lipinski definition) is 2. The van der Waals surface area contributed by atoms with Crippen molar-refractivity contribution in [3.8, 4) is 0 Å². The van der Waals surface area contributed by atoms with E-state index in [0.717, 1.165) is 30.1 Å². The van der Waals surface area contributed by atoms with Crippen molar-refractivity contribution in [1.29, 1.82) is 0 Å². The Morgan fingerprint density at radius 1 is 1.26 bits per heavy atom. The Morgan fingerprint density at radius 2 is 1.87 bits per heavy atom. The van der Waals surface area contributed by atoms with E-state index in [1.54, 1.807) is 0 Å². The van der Waals surface area contributed by atoms with Crippen LogP contribution < -0.4 is 10.6 Å². The standard InChI is InChI=1S/C18H27ClN2O.ClH/c1-13(2)18(15-4-6-16(19)7-5-15)21-17(22)8-3-14-9-11-20-12-10-14;/h4-7,13-14,18,20H,3,8-12H2,1-2H3,(H,21,22);1H. The van der Waals surface area contributed by atoms with E-state index in [4.69, 9.17) is 11.6 Å². The number of carbonyl (C=O) groups is 1. The molecule has 0 bridgehead atoms. The van der Waals surface area contributed by atoms with Gasteiger partial charge in [-0.25, -0.2) is 0 Å². The average molecular weight is 359 g/mol. The number of carbonyl (C=O) groups excluding carboxylic acids is 1. The van der Waals surface area contributed by atoms with Crippen molar-refractivity contribution in [3.05, 3.63) is 34.9 Å². The van der Waals surface area contributed by atoms with Crippen LogP contribution in [-0.4, -0.2) is 19.0 Å². The molecular formula is C18H28Cl2N2O. The molecule has 1 aromatic rings. The van der Waals surface area contributed by atoms with Gasteiger partial charge in [-0.2, -0.15) is 0 Å². The van der Waals surface area contributed by atoms with Gasteiger partial charge in [-0.3, -0.25) is 4.79 Å². The summed E-state index contributed by atoms with van der Waals surface area (Å²) in [4.78, 5) is 12.3. The lowest BCUT2D eigenvalue weighted by atomic mass is 9.92. The third-order valence-corrected chi connectivity index (χ3v) is 4.70. The SMILES string of the molecule is CC(C)C(NC(=O)CCC1CCNCC1)c1ccc(Cl)cc1.Cl. The van der Waals surface area contributed by atoms with Gasteiger partial charge in [0.2, 0.25) is 5.91 Å². The third-order valence-electron chi connectivity index (χ3n) is 4.45. The number of halogens is 2. The van der Waals surface area contributed by atoms with Gasteiger partial charge in [0.15, 0.2) is 0 Å². The summed E-state index contributed by atoms with van der Waals surface area (Å²) in [5.41, 5.74) is 1.12. The fraction of sp³-hybridized carbons (Fsp3) is 0.611. The monoisotopic (exact) mass is 358 g/mol. The molecule has 5 heteroatoms. The van der Waals surface area contributed by atoms with Crippen molar-refractivity contribution in [1.82, 2.24) is 10.6 Å². The summed E-state index contributed by atoms with van der Waals surface area (Å²) in [7, 11) is 0. The van der Waals surface area contributed by atoms with E-state index in [0.29, 0.717) is 18.3 Å². The molecule has 0 saturated carbocycles. The van der Waals surface area contributed by atoms with E-state index in [2.05, 4.69) is 24.5 Å². The van der Waals surface area contributed by atoms with Gasteiger partial charge in [0, 0.05) is 11.4 Å². The Bertz CT molecular complexity index is 470. The highest BCUT2D eigenvalue weighted by molar-refractivity contribution is 6.30. The van der Waals surface area contributed by atoms with Crippen LogP contribution in [0.1, 0.15) is 51.1 Å². The summed E-state index contributed by atoms with van der Waals surface area (Å²) in [5, 5.41) is 7.28. The Hall–Kier alpha value is -0.770. The quantitative estimate of drug-likeness (QED) is 0.793. The Labute approximate surface area is 151 Å². The van der Waals surface area contributed by atoms with Gasteiger partial charge < -0.3 is 10.6 Å². The predicted octanol–water partition coefficient (Wildman–Crippen LogP) is 4.35. The van der Waals surface area contributed by atoms with Gasteiger partial charge in [-0.15, -0.1) is 12.4 Å². The summed E-state index contributed by atoms with van der Waals surface area (Å²) in [6.45, 7) is 6.44. The van der Waals surface area contributed by atoms with Crippen LogP contribution in [0.2, 0.25) is 5.02 Å². The molecule has 0 radical (unpaired) electrons. The van der Waals surface area contributed by atoms with Crippen molar-refractivity contribution in [2.75, 3.05) is 13.1 Å². The minimum Gasteiger partial charge on any atom is -0.349 e. The largest absolute Gasteiger partial charge is 0.349 e. The second-order valence-corrected chi connectivity index (χ2v) is 7.01. The zero-order valence-corrected chi connectivity index (χ0v) is 15.6. The number of nitrogens with one attached hydrogen (secondary N) is 2. The van der Waals surface area contributed by atoms with E-state index in [-0.39, 0.29) is 24.4 Å². The van der Waals surface area contributed by atoms with Crippen LogP contribution in [0.15, 0.2) is 24.3 Å². The topological polar surface area (TPSA) is 41.1 Å². The number of piperidine rings is 1. The van der Waals surface area contributed by atoms with Gasteiger partial charge in [0.05, 0.1) is 6.04 Å². The number of amides is 1. The average Bonchev–Trinajstić information content (AvgIpc) is 2.52. The second kappa shape index (κ2) is 10.2. The smallest absolute Gasteiger partial charge is 0.220 e. The summed E-state index contributed by atoms with van der Waals surface area (Å²) < 4.78 is 0. The van der Waals surface area contributed by atoms with Crippen LogP contribution in [0, 0.1) is 11.8 Å². The van der Waals surface area contributed by atoms with Gasteiger partial charge >= 0.3 is 0 Å². The highest BCUT2D eigenvalue weighted by atomic mass is 35.5. The molecule has 2 rings (SSSR count). The van der Waals surface area contributed by atoms with Gasteiger partial charge in [0.1, 0.15) is 0 Å². The third kappa shape index (κ3) is 6.70. The molecule has 1 amide bonds. The number of benzene rings is 1. The fourth-order valence-electron chi connectivity index (χ4n) is 3.06. The first kappa shape index (κ1) is 20.3. The lowest BCUT2D eigenvalue weighted by Gasteiger charge is -2.25. The van der Waals surface area contributed by atoms with Crippen molar-refractivity contribution in [2.45, 2.75) is 45.6 Å².